The molecule has 7 nitrogen and oxygen atoms in total. The second kappa shape index (κ2) is 7.08. The quantitative estimate of drug-likeness (QED) is 0.679. The number of methoxy groups -OCH3 is 1. The molecule has 0 radical (unpaired) electrons. The van der Waals surface area contributed by atoms with Crippen LogP contribution in [0.5, 0.6) is 5.75 Å². The molecule has 11 heteroatoms. The molecule has 3 aromatic rings. The number of furan rings is 1. The van der Waals surface area contributed by atoms with Crippen LogP contribution in [-0.2, 0) is 22.7 Å². The average Bonchev–Trinajstić information content (AvgIpc) is 3.29. The molecule has 1 N–H and O–H groups in total. The third-order valence-corrected chi connectivity index (χ3v) is 4.81. The number of ether oxygens (including phenoxy) is 1. The average molecular weight is 402 g/mol. The number of nitrogens with one attached hydrogen (secondary N) is 1. The fourth-order valence-corrected chi connectivity index (χ4v) is 3.15. The standard InChI is InChI=1S/C16H13F3N2O5S/c1-24-12-5-3-2-4-10(12)9-20-27(22,23)15-7-6-13(25-15)11-8-14(26-21-11)16(17,18)19/h2-8,20H,9H2,1H3. The first-order valence-corrected chi connectivity index (χ1v) is 8.95. The van der Waals surface area contributed by atoms with Crippen molar-refractivity contribution in [2.24, 2.45) is 0 Å². The molecule has 0 saturated heterocycles. The molecule has 0 aliphatic heterocycles. The van der Waals surface area contributed by atoms with Gasteiger partial charge in [-0.05, 0) is 18.2 Å². The van der Waals surface area contributed by atoms with E-state index in [0.717, 1.165) is 6.07 Å². The Hall–Kier alpha value is -2.79. The van der Waals surface area contributed by atoms with Crippen molar-refractivity contribution in [3.63, 3.8) is 0 Å². The number of nitrogens with zero attached hydrogens (tertiary/aromatic N) is 1. The normalized spacial score (nSPS) is 12.3. The van der Waals surface area contributed by atoms with E-state index >= 15 is 0 Å². The lowest BCUT2D eigenvalue weighted by molar-refractivity contribution is -0.155. The summed E-state index contributed by atoms with van der Waals surface area (Å²) in [5.74, 6) is -0.984. The molecule has 0 atom stereocenters. The van der Waals surface area contributed by atoms with Gasteiger partial charge >= 0.3 is 6.18 Å². The minimum Gasteiger partial charge on any atom is -0.496 e. The molecule has 2 aromatic heterocycles. The fraction of sp³-hybridized carbons (Fsp3) is 0.188. The summed E-state index contributed by atoms with van der Waals surface area (Å²) in [6.45, 7) is -0.0649. The maximum absolute atomic E-state index is 12.6. The number of hydrogen-bond donors (Lipinski definition) is 1. The van der Waals surface area contributed by atoms with Gasteiger partial charge in [-0.15, -0.1) is 0 Å². The Morgan fingerprint density at radius 1 is 1.19 bits per heavy atom. The van der Waals surface area contributed by atoms with Crippen LogP contribution in [0.25, 0.3) is 11.5 Å². The van der Waals surface area contributed by atoms with Crippen molar-refractivity contribution in [1.29, 1.82) is 0 Å². The van der Waals surface area contributed by atoms with Crippen LogP contribution in [0.2, 0.25) is 0 Å². The second-order valence-corrected chi connectivity index (χ2v) is 7.03. The van der Waals surface area contributed by atoms with Crippen molar-refractivity contribution in [3.05, 3.63) is 53.8 Å². The van der Waals surface area contributed by atoms with E-state index in [1.54, 1.807) is 24.3 Å². The van der Waals surface area contributed by atoms with Gasteiger partial charge in [0, 0.05) is 18.2 Å². The number of hydrogen-bond acceptors (Lipinski definition) is 6. The largest absolute Gasteiger partial charge is 0.496 e. The molecular formula is C16H13F3N2O5S. The SMILES string of the molecule is COc1ccccc1CNS(=O)(=O)c1ccc(-c2cc(C(F)(F)F)on2)o1. The van der Waals surface area contributed by atoms with E-state index in [-0.39, 0.29) is 18.0 Å². The summed E-state index contributed by atoms with van der Waals surface area (Å²) in [5.41, 5.74) is 0.329. The monoisotopic (exact) mass is 402 g/mol. The lowest BCUT2D eigenvalue weighted by atomic mass is 10.2. The van der Waals surface area contributed by atoms with Crippen LogP contribution in [0, 0.1) is 0 Å². The van der Waals surface area contributed by atoms with Gasteiger partial charge < -0.3 is 13.7 Å². The summed E-state index contributed by atoms with van der Waals surface area (Å²) in [6.07, 6.45) is -4.71. The van der Waals surface area contributed by atoms with E-state index in [9.17, 15) is 21.6 Å². The van der Waals surface area contributed by atoms with Crippen LogP contribution in [0.4, 0.5) is 13.2 Å². The first-order chi connectivity index (χ1) is 12.7. The molecule has 2 heterocycles. The highest BCUT2D eigenvalue weighted by molar-refractivity contribution is 7.89. The van der Waals surface area contributed by atoms with Crippen LogP contribution < -0.4 is 9.46 Å². The van der Waals surface area contributed by atoms with Crippen LogP contribution in [0.1, 0.15) is 11.3 Å². The Kier molecular flexibility index (Phi) is 4.98. The molecule has 1 aromatic carbocycles. The summed E-state index contributed by atoms with van der Waals surface area (Å²) >= 11 is 0. The van der Waals surface area contributed by atoms with Gasteiger partial charge in [-0.3, -0.25) is 0 Å². The molecule has 0 bridgehead atoms. The molecule has 3 rings (SSSR count). The number of para-hydroxylation sites is 1. The van der Waals surface area contributed by atoms with E-state index in [4.69, 9.17) is 9.15 Å². The minimum atomic E-state index is -4.71. The Morgan fingerprint density at radius 3 is 2.59 bits per heavy atom. The molecular weight excluding hydrogens is 389 g/mol. The molecule has 144 valence electrons. The van der Waals surface area contributed by atoms with Crippen molar-refractivity contribution < 1.29 is 35.3 Å². The molecule has 0 amide bonds. The van der Waals surface area contributed by atoms with Gasteiger partial charge in [0.25, 0.3) is 10.0 Å². The Bertz CT molecular complexity index is 1040. The van der Waals surface area contributed by atoms with Gasteiger partial charge in [-0.2, -0.15) is 13.2 Å². The Labute approximate surface area is 151 Å². The minimum absolute atomic E-state index is 0.0649. The summed E-state index contributed by atoms with van der Waals surface area (Å²) < 4.78 is 79.2. The number of aromatic nitrogens is 1. The van der Waals surface area contributed by atoms with Crippen LogP contribution in [0.15, 0.2) is 56.5 Å². The van der Waals surface area contributed by atoms with Gasteiger partial charge in [-0.1, -0.05) is 23.4 Å². The summed E-state index contributed by atoms with van der Waals surface area (Å²) in [6, 6.07) is 9.75. The Morgan fingerprint density at radius 2 is 1.93 bits per heavy atom. The van der Waals surface area contributed by atoms with E-state index in [2.05, 4.69) is 14.4 Å². The van der Waals surface area contributed by atoms with Gasteiger partial charge in [-0.25, -0.2) is 13.1 Å². The number of benzene rings is 1. The van der Waals surface area contributed by atoms with E-state index in [0.29, 0.717) is 17.4 Å². The van der Waals surface area contributed by atoms with Gasteiger partial charge in [0.2, 0.25) is 10.9 Å². The number of rotatable bonds is 6. The zero-order chi connectivity index (χ0) is 19.7. The van der Waals surface area contributed by atoms with Crippen molar-refractivity contribution >= 4 is 10.0 Å². The first-order valence-electron chi connectivity index (χ1n) is 7.46. The number of alkyl halides is 3. The zero-order valence-electron chi connectivity index (χ0n) is 13.8. The van der Waals surface area contributed by atoms with Gasteiger partial charge in [0.1, 0.15) is 11.4 Å². The molecule has 0 unspecified atom stereocenters. The smallest absolute Gasteiger partial charge is 0.452 e. The third-order valence-electron chi connectivity index (χ3n) is 3.53. The summed E-state index contributed by atoms with van der Waals surface area (Å²) in [5, 5.41) is 2.78. The molecule has 27 heavy (non-hydrogen) atoms. The lowest BCUT2D eigenvalue weighted by Crippen LogP contribution is -2.23. The van der Waals surface area contributed by atoms with Gasteiger partial charge in [0.05, 0.1) is 7.11 Å². The third kappa shape index (κ3) is 4.14. The summed E-state index contributed by atoms with van der Waals surface area (Å²) in [7, 11) is -2.59. The lowest BCUT2D eigenvalue weighted by Gasteiger charge is -2.08. The molecule has 0 aliphatic rings. The van der Waals surface area contributed by atoms with Crippen molar-refractivity contribution in [3.8, 4) is 17.2 Å². The van der Waals surface area contributed by atoms with Gasteiger partial charge in [0.15, 0.2) is 5.76 Å². The Balaban J connectivity index is 1.77. The van der Waals surface area contributed by atoms with E-state index < -0.39 is 27.1 Å². The predicted octanol–water partition coefficient (Wildman–Crippen LogP) is 3.44. The highest BCUT2D eigenvalue weighted by atomic mass is 32.2. The van der Waals surface area contributed by atoms with Crippen LogP contribution in [0.3, 0.4) is 0 Å². The maximum Gasteiger partial charge on any atom is 0.452 e. The number of sulfonamides is 1. The van der Waals surface area contributed by atoms with Crippen LogP contribution in [-0.4, -0.2) is 20.7 Å². The zero-order valence-corrected chi connectivity index (χ0v) is 14.6. The van der Waals surface area contributed by atoms with E-state index in [1.165, 1.54) is 13.2 Å². The maximum atomic E-state index is 12.6. The molecule has 0 spiro atoms. The van der Waals surface area contributed by atoms with Crippen molar-refractivity contribution in [2.75, 3.05) is 7.11 Å². The summed E-state index contributed by atoms with van der Waals surface area (Å²) in [4.78, 5) is 0. The number of halogens is 3. The van der Waals surface area contributed by atoms with E-state index in [1.807, 2.05) is 0 Å². The van der Waals surface area contributed by atoms with Crippen molar-refractivity contribution in [1.82, 2.24) is 9.88 Å². The highest BCUT2D eigenvalue weighted by Gasteiger charge is 2.36. The molecule has 0 aliphatic carbocycles. The topological polar surface area (TPSA) is 94.6 Å². The molecule has 0 saturated carbocycles. The fourth-order valence-electron chi connectivity index (χ4n) is 2.22. The highest BCUT2D eigenvalue weighted by Crippen LogP contribution is 2.33. The predicted molar refractivity (Wildman–Crippen MR) is 86.2 cm³/mol. The van der Waals surface area contributed by atoms with Crippen LogP contribution >= 0.6 is 0 Å². The molecule has 0 fully saturated rings. The first kappa shape index (κ1) is 19.0. The second-order valence-electron chi connectivity index (χ2n) is 5.33. The van der Waals surface area contributed by atoms with Crippen molar-refractivity contribution in [2.45, 2.75) is 17.8 Å².